The molecule has 1 atom stereocenters. The number of imidazole rings is 1. The average Bonchev–Trinajstić information content (AvgIpc) is 3.19. The third-order valence-corrected chi connectivity index (χ3v) is 6.65. The van der Waals surface area contributed by atoms with Gasteiger partial charge in [-0.05, 0) is 0 Å². The van der Waals surface area contributed by atoms with Crippen molar-refractivity contribution in [2.45, 2.75) is 5.71 Å². The van der Waals surface area contributed by atoms with Crippen LogP contribution in [0.5, 0.6) is 0 Å². The summed E-state index contributed by atoms with van der Waals surface area (Å²) in [4.78, 5) is 23.4. The maximum atomic E-state index is 12.1. The van der Waals surface area contributed by atoms with Crippen molar-refractivity contribution in [2.75, 3.05) is 44.7 Å². The summed E-state index contributed by atoms with van der Waals surface area (Å²) in [6, 6.07) is 7.62. The topological polar surface area (TPSA) is 83.8 Å². The van der Waals surface area contributed by atoms with Crippen LogP contribution in [0.25, 0.3) is 16.9 Å². The molecule has 2 aromatic heterocycles. The Morgan fingerprint density at radius 2 is 2.00 bits per heavy atom. The van der Waals surface area contributed by atoms with Gasteiger partial charge >= 0.3 is 134 Å². The van der Waals surface area contributed by atoms with Crippen LogP contribution in [0.15, 0.2) is 42.9 Å². The predicted molar refractivity (Wildman–Crippen MR) is 115 cm³/mol. The van der Waals surface area contributed by atoms with Gasteiger partial charge in [0, 0.05) is 19.6 Å². The number of nitrogens with zero attached hydrogens (tertiary/aromatic N) is 4. The molecule has 0 bridgehead atoms. The molecule has 4 rings (SSSR count). The first-order chi connectivity index (χ1) is 14.2. The Morgan fingerprint density at radius 1 is 1.21 bits per heavy atom. The summed E-state index contributed by atoms with van der Waals surface area (Å²) < 4.78 is 8.51. The van der Waals surface area contributed by atoms with E-state index in [1.807, 2.05) is 42.9 Å². The van der Waals surface area contributed by atoms with Crippen LogP contribution in [-0.2, 0) is 4.74 Å². The second kappa shape index (κ2) is 9.39. The van der Waals surface area contributed by atoms with Crippen LogP contribution >= 0.6 is 0 Å². The molecule has 1 aliphatic rings. The number of hydrogen-bond donors (Lipinski definition) is 2. The molecule has 8 nitrogen and oxygen atoms in total. The molecule has 152 valence electrons. The third kappa shape index (κ3) is 4.78. The number of nitrogens with one attached hydrogen (secondary N) is 2. The van der Waals surface area contributed by atoms with E-state index in [1.165, 1.54) is 0 Å². The first kappa shape index (κ1) is 19.9. The number of aromatic nitrogens is 3. The molecule has 1 aromatic carbocycles. The van der Waals surface area contributed by atoms with E-state index in [0.29, 0.717) is 6.54 Å². The maximum absolute atomic E-state index is 12.1. The fraction of sp³-hybridized carbons (Fsp3) is 0.350. The van der Waals surface area contributed by atoms with Gasteiger partial charge in [-0.3, -0.25) is 4.90 Å². The second-order valence-corrected chi connectivity index (χ2v) is 8.82. The van der Waals surface area contributed by atoms with Crippen LogP contribution in [0, 0.1) is 0 Å². The molecule has 3 heterocycles. The van der Waals surface area contributed by atoms with Crippen molar-refractivity contribution in [1.29, 1.82) is 0 Å². The summed E-state index contributed by atoms with van der Waals surface area (Å²) in [5.74, 6) is 0. The first-order valence-corrected chi connectivity index (χ1v) is 12.8. The fourth-order valence-corrected chi connectivity index (χ4v) is 4.65. The monoisotopic (exact) mass is 456 g/mol. The summed E-state index contributed by atoms with van der Waals surface area (Å²) in [5.41, 5.74) is 5.96. The number of anilines is 1. The van der Waals surface area contributed by atoms with Gasteiger partial charge in [-0.15, -0.1) is 0 Å². The number of fused-ring (bicyclic) bond motifs is 1. The minimum absolute atomic E-state index is 0.191. The van der Waals surface area contributed by atoms with E-state index in [2.05, 4.69) is 35.6 Å². The number of benzene rings is 1. The molecular weight excluding hydrogens is 431 g/mol. The standard InChI is InChI=1S/C20H25AsN6O2/c1-21-18-19-24-14-17(27(19)9-7-22-18)15-2-4-16(5-3-15)25-20(28)23-6-8-26-10-12-29-13-11-26/h2-5,7,9,14,21H,6,8,10-13H2,1H3,(H2,23,25,28). The van der Waals surface area contributed by atoms with Crippen LogP contribution < -0.4 is 15.1 Å². The van der Waals surface area contributed by atoms with Crippen LogP contribution in [0.3, 0.4) is 0 Å². The Labute approximate surface area is 176 Å². The molecule has 0 aliphatic carbocycles. The SMILES string of the molecule is C[AsH]c1nccn2c(-c3ccc(NC(=O)NCCN4CCOCC4)cc3)cnc12. The molecule has 1 fully saturated rings. The minimum atomic E-state index is -0.266. The zero-order chi connectivity index (χ0) is 20.1. The molecule has 1 unspecified atom stereocenters. The van der Waals surface area contributed by atoms with Crippen LogP contribution in [0.2, 0.25) is 5.71 Å². The Morgan fingerprint density at radius 3 is 2.76 bits per heavy atom. The van der Waals surface area contributed by atoms with Crippen LogP contribution in [0.1, 0.15) is 0 Å². The van der Waals surface area contributed by atoms with Gasteiger partial charge in [-0.1, -0.05) is 0 Å². The van der Waals surface area contributed by atoms with E-state index >= 15 is 0 Å². The van der Waals surface area contributed by atoms with Gasteiger partial charge in [-0.25, -0.2) is 0 Å². The zero-order valence-electron chi connectivity index (χ0n) is 16.4. The van der Waals surface area contributed by atoms with Crippen LogP contribution in [0.4, 0.5) is 10.5 Å². The predicted octanol–water partition coefficient (Wildman–Crippen LogP) is 0.960. The van der Waals surface area contributed by atoms with Crippen molar-refractivity contribution in [2.24, 2.45) is 0 Å². The van der Waals surface area contributed by atoms with Crippen molar-refractivity contribution in [3.05, 3.63) is 42.9 Å². The van der Waals surface area contributed by atoms with Gasteiger partial charge < -0.3 is 4.74 Å². The summed E-state index contributed by atoms with van der Waals surface area (Å²) >= 11 is -0.266. The molecule has 2 amide bonds. The molecule has 1 saturated heterocycles. The van der Waals surface area contributed by atoms with Crippen molar-refractivity contribution in [3.63, 3.8) is 0 Å². The number of carbonyl (C=O) groups excluding carboxylic acids is 1. The van der Waals surface area contributed by atoms with Crippen molar-refractivity contribution >= 4 is 37.6 Å². The summed E-state index contributed by atoms with van der Waals surface area (Å²) in [6.07, 6.45) is 5.65. The van der Waals surface area contributed by atoms with Gasteiger partial charge in [0.05, 0.1) is 13.2 Å². The number of rotatable bonds is 6. The number of ether oxygens (including phenoxy) is 1. The van der Waals surface area contributed by atoms with E-state index in [1.54, 1.807) is 0 Å². The average molecular weight is 456 g/mol. The normalized spacial score (nSPS) is 15.2. The Bertz CT molecular complexity index is 969. The number of carbonyl (C=O) groups is 1. The fourth-order valence-electron chi connectivity index (χ4n) is 3.36. The first-order valence-electron chi connectivity index (χ1n) is 9.70. The van der Waals surface area contributed by atoms with Crippen molar-refractivity contribution in [1.82, 2.24) is 24.6 Å². The Kier molecular flexibility index (Phi) is 6.44. The molecule has 0 saturated carbocycles. The van der Waals surface area contributed by atoms with Gasteiger partial charge in [0.25, 0.3) is 0 Å². The molecule has 2 N–H and O–H groups in total. The van der Waals surface area contributed by atoms with Gasteiger partial charge in [0.1, 0.15) is 0 Å². The number of amides is 2. The van der Waals surface area contributed by atoms with Gasteiger partial charge in [0.15, 0.2) is 0 Å². The molecular formula is C20H25AsN6O2. The van der Waals surface area contributed by atoms with Crippen LogP contribution in [-0.4, -0.2) is 80.4 Å². The molecule has 1 aliphatic heterocycles. The molecule has 0 spiro atoms. The molecule has 29 heavy (non-hydrogen) atoms. The second-order valence-electron chi connectivity index (χ2n) is 6.78. The van der Waals surface area contributed by atoms with Gasteiger partial charge in [0.2, 0.25) is 0 Å². The van der Waals surface area contributed by atoms with E-state index in [9.17, 15) is 4.79 Å². The Hall–Kier alpha value is -2.41. The summed E-state index contributed by atoms with van der Waals surface area (Å²) in [5, 5.41) is 5.79. The van der Waals surface area contributed by atoms with E-state index < -0.39 is 0 Å². The van der Waals surface area contributed by atoms with Gasteiger partial charge in [-0.2, -0.15) is 0 Å². The van der Waals surface area contributed by atoms with E-state index in [0.717, 1.165) is 59.9 Å². The summed E-state index contributed by atoms with van der Waals surface area (Å²) in [7, 11) is 0. The number of morpholine rings is 1. The van der Waals surface area contributed by atoms with E-state index in [-0.39, 0.29) is 21.8 Å². The molecule has 3 aromatic rings. The number of hydrogen-bond acceptors (Lipinski definition) is 5. The van der Waals surface area contributed by atoms with E-state index in [4.69, 9.17) is 4.74 Å². The van der Waals surface area contributed by atoms with Crippen molar-refractivity contribution < 1.29 is 9.53 Å². The Balaban J connectivity index is 1.35. The summed E-state index contributed by atoms with van der Waals surface area (Å²) in [6.45, 7) is 4.83. The third-order valence-electron chi connectivity index (χ3n) is 4.92. The molecule has 0 radical (unpaired) electrons. The molecule has 9 heteroatoms. The van der Waals surface area contributed by atoms with Crippen molar-refractivity contribution in [3.8, 4) is 11.3 Å². The quantitative estimate of drug-likeness (QED) is 0.540. The zero-order valence-corrected chi connectivity index (χ0v) is 18.5. The number of urea groups is 1.